The van der Waals surface area contributed by atoms with Gasteiger partial charge < -0.3 is 15.3 Å². The molecule has 1 fully saturated rings. The number of carbonyl (C=O) groups excluding carboxylic acids is 1. The van der Waals surface area contributed by atoms with E-state index in [1.165, 1.54) is 4.90 Å². The molecule has 0 saturated heterocycles. The molecule has 0 bridgehead atoms. The van der Waals surface area contributed by atoms with E-state index in [2.05, 4.69) is 5.32 Å². The number of hydrogen-bond acceptors (Lipinski definition) is 3. The van der Waals surface area contributed by atoms with Crippen LogP contribution < -0.4 is 5.32 Å². The molecular weight excluding hydrogens is 208 g/mol. The number of carboxylic acid groups (broad SMARTS) is 1. The second-order valence-corrected chi connectivity index (χ2v) is 5.25. The number of aliphatic carboxylic acids is 1. The van der Waals surface area contributed by atoms with Gasteiger partial charge >= 0.3 is 5.97 Å². The SMILES string of the molecule is CC(C)(C)NCC(=O)N(CC(=O)O)C1CC1. The molecule has 92 valence electrons. The third-order valence-corrected chi connectivity index (χ3v) is 2.38. The highest BCUT2D eigenvalue weighted by atomic mass is 16.4. The van der Waals surface area contributed by atoms with Gasteiger partial charge in [0, 0.05) is 11.6 Å². The predicted molar refractivity (Wildman–Crippen MR) is 60.1 cm³/mol. The first-order valence-electron chi connectivity index (χ1n) is 5.56. The number of nitrogens with one attached hydrogen (secondary N) is 1. The molecule has 2 N–H and O–H groups in total. The van der Waals surface area contributed by atoms with Gasteiger partial charge in [-0.15, -0.1) is 0 Å². The molecule has 1 amide bonds. The quantitative estimate of drug-likeness (QED) is 0.717. The number of carbonyl (C=O) groups is 2. The van der Waals surface area contributed by atoms with Crippen molar-refractivity contribution in [2.45, 2.75) is 45.2 Å². The molecule has 0 aliphatic heterocycles. The summed E-state index contributed by atoms with van der Waals surface area (Å²) in [6, 6.07) is 0.144. The van der Waals surface area contributed by atoms with Gasteiger partial charge in [0.15, 0.2) is 0 Å². The van der Waals surface area contributed by atoms with Crippen molar-refractivity contribution in [2.75, 3.05) is 13.1 Å². The monoisotopic (exact) mass is 228 g/mol. The Labute approximate surface area is 95.8 Å². The van der Waals surface area contributed by atoms with Crippen LogP contribution in [0.15, 0.2) is 0 Å². The molecule has 0 heterocycles. The van der Waals surface area contributed by atoms with Crippen LogP contribution in [0.2, 0.25) is 0 Å². The highest BCUT2D eigenvalue weighted by molar-refractivity contribution is 5.83. The molecule has 0 aromatic rings. The summed E-state index contributed by atoms with van der Waals surface area (Å²) >= 11 is 0. The zero-order chi connectivity index (χ0) is 12.3. The van der Waals surface area contributed by atoms with Crippen molar-refractivity contribution in [2.24, 2.45) is 0 Å². The van der Waals surface area contributed by atoms with Crippen molar-refractivity contribution in [3.8, 4) is 0 Å². The topological polar surface area (TPSA) is 69.6 Å². The Kier molecular flexibility index (Phi) is 3.91. The van der Waals surface area contributed by atoms with E-state index < -0.39 is 5.97 Å². The van der Waals surface area contributed by atoms with Gasteiger partial charge in [-0.3, -0.25) is 9.59 Å². The molecule has 5 heteroatoms. The van der Waals surface area contributed by atoms with E-state index in [4.69, 9.17) is 5.11 Å². The van der Waals surface area contributed by atoms with Crippen molar-refractivity contribution in [3.63, 3.8) is 0 Å². The molecule has 0 spiro atoms. The summed E-state index contributed by atoms with van der Waals surface area (Å²) in [4.78, 5) is 23.9. The first-order valence-corrected chi connectivity index (χ1v) is 5.56. The molecule has 0 unspecified atom stereocenters. The molecule has 1 aliphatic rings. The molecule has 0 radical (unpaired) electrons. The first-order chi connectivity index (χ1) is 7.29. The lowest BCUT2D eigenvalue weighted by atomic mass is 10.1. The standard InChI is InChI=1S/C11H20N2O3/c1-11(2,3)12-6-9(14)13(7-10(15)16)8-4-5-8/h8,12H,4-7H2,1-3H3,(H,15,16). The maximum atomic E-state index is 11.8. The van der Waals surface area contributed by atoms with E-state index in [0.717, 1.165) is 12.8 Å². The Morgan fingerprint density at radius 2 is 1.94 bits per heavy atom. The second-order valence-electron chi connectivity index (χ2n) is 5.25. The normalized spacial score (nSPS) is 15.9. The third kappa shape index (κ3) is 4.61. The molecule has 5 nitrogen and oxygen atoms in total. The fraction of sp³-hybridized carbons (Fsp3) is 0.818. The number of rotatable bonds is 5. The van der Waals surface area contributed by atoms with Crippen LogP contribution in [0.3, 0.4) is 0 Å². The van der Waals surface area contributed by atoms with Crippen LogP contribution in [-0.2, 0) is 9.59 Å². The molecule has 0 aromatic heterocycles. The summed E-state index contributed by atoms with van der Waals surface area (Å²) in [5, 5.41) is 11.8. The lowest BCUT2D eigenvalue weighted by Gasteiger charge is -2.24. The van der Waals surface area contributed by atoms with Crippen molar-refractivity contribution in [1.29, 1.82) is 0 Å². The number of amides is 1. The van der Waals surface area contributed by atoms with E-state index >= 15 is 0 Å². The van der Waals surface area contributed by atoms with E-state index in [1.54, 1.807) is 0 Å². The van der Waals surface area contributed by atoms with Gasteiger partial charge in [0.25, 0.3) is 0 Å². The van der Waals surface area contributed by atoms with Crippen LogP contribution in [-0.4, -0.2) is 46.6 Å². The van der Waals surface area contributed by atoms with Gasteiger partial charge in [-0.2, -0.15) is 0 Å². The second kappa shape index (κ2) is 4.82. The summed E-state index contributed by atoms with van der Waals surface area (Å²) in [5.74, 6) is -1.07. The van der Waals surface area contributed by atoms with Crippen molar-refractivity contribution in [1.82, 2.24) is 10.2 Å². The zero-order valence-corrected chi connectivity index (χ0v) is 10.1. The van der Waals surface area contributed by atoms with Crippen LogP contribution in [0, 0.1) is 0 Å². The Balaban J connectivity index is 2.44. The molecule has 0 aromatic carbocycles. The Bertz CT molecular complexity index is 279. The maximum absolute atomic E-state index is 11.8. The van der Waals surface area contributed by atoms with Gasteiger partial charge in [-0.1, -0.05) is 0 Å². The van der Waals surface area contributed by atoms with E-state index in [-0.39, 0.29) is 30.6 Å². The van der Waals surface area contributed by atoms with E-state index in [0.29, 0.717) is 0 Å². The van der Waals surface area contributed by atoms with Crippen LogP contribution >= 0.6 is 0 Å². The number of nitrogens with zero attached hydrogens (tertiary/aromatic N) is 1. The highest BCUT2D eigenvalue weighted by Gasteiger charge is 2.33. The largest absolute Gasteiger partial charge is 0.480 e. The van der Waals surface area contributed by atoms with Gasteiger partial charge in [0.1, 0.15) is 6.54 Å². The van der Waals surface area contributed by atoms with Crippen molar-refractivity contribution < 1.29 is 14.7 Å². The Hall–Kier alpha value is -1.10. The molecular formula is C11H20N2O3. The fourth-order valence-corrected chi connectivity index (χ4v) is 1.40. The zero-order valence-electron chi connectivity index (χ0n) is 10.1. The minimum absolute atomic E-state index is 0.125. The summed E-state index contributed by atoms with van der Waals surface area (Å²) in [6.07, 6.45) is 1.85. The van der Waals surface area contributed by atoms with Gasteiger partial charge in [-0.25, -0.2) is 0 Å². The lowest BCUT2D eigenvalue weighted by Crippen LogP contribution is -2.47. The van der Waals surface area contributed by atoms with E-state index in [1.807, 2.05) is 20.8 Å². The van der Waals surface area contributed by atoms with Crippen LogP contribution in [0.5, 0.6) is 0 Å². The van der Waals surface area contributed by atoms with Crippen LogP contribution in [0.4, 0.5) is 0 Å². The average Bonchev–Trinajstić information content (AvgIpc) is 2.92. The van der Waals surface area contributed by atoms with E-state index in [9.17, 15) is 9.59 Å². The minimum Gasteiger partial charge on any atom is -0.480 e. The van der Waals surface area contributed by atoms with Gasteiger partial charge in [0.05, 0.1) is 6.54 Å². The molecule has 16 heavy (non-hydrogen) atoms. The van der Waals surface area contributed by atoms with Gasteiger partial charge in [0.2, 0.25) is 5.91 Å². The van der Waals surface area contributed by atoms with Crippen molar-refractivity contribution >= 4 is 11.9 Å². The fourth-order valence-electron chi connectivity index (χ4n) is 1.40. The lowest BCUT2D eigenvalue weighted by molar-refractivity contribution is -0.144. The van der Waals surface area contributed by atoms with Gasteiger partial charge in [-0.05, 0) is 33.6 Å². The Morgan fingerprint density at radius 3 is 2.31 bits per heavy atom. The smallest absolute Gasteiger partial charge is 0.323 e. The first kappa shape index (κ1) is 13.0. The minimum atomic E-state index is -0.948. The molecule has 0 atom stereocenters. The highest BCUT2D eigenvalue weighted by Crippen LogP contribution is 2.26. The van der Waals surface area contributed by atoms with Crippen LogP contribution in [0.25, 0.3) is 0 Å². The molecule has 1 aliphatic carbocycles. The number of hydrogen-bond donors (Lipinski definition) is 2. The van der Waals surface area contributed by atoms with Crippen molar-refractivity contribution in [3.05, 3.63) is 0 Å². The Morgan fingerprint density at radius 1 is 1.38 bits per heavy atom. The summed E-state index contributed by atoms with van der Waals surface area (Å²) in [5.41, 5.74) is -0.131. The third-order valence-electron chi connectivity index (χ3n) is 2.38. The summed E-state index contributed by atoms with van der Waals surface area (Å²) < 4.78 is 0. The summed E-state index contributed by atoms with van der Waals surface area (Å²) in [6.45, 7) is 5.93. The summed E-state index contributed by atoms with van der Waals surface area (Å²) in [7, 11) is 0. The molecule has 1 saturated carbocycles. The number of carboxylic acids is 1. The maximum Gasteiger partial charge on any atom is 0.323 e. The predicted octanol–water partition coefficient (Wildman–Crippen LogP) is 0.450. The average molecular weight is 228 g/mol. The molecule has 1 rings (SSSR count). The van der Waals surface area contributed by atoms with Crippen LogP contribution in [0.1, 0.15) is 33.6 Å².